The molecule has 0 unspecified atom stereocenters. The Morgan fingerprint density at radius 2 is 1.70 bits per heavy atom. The van der Waals surface area contributed by atoms with Crippen molar-refractivity contribution in [1.29, 1.82) is 0 Å². The van der Waals surface area contributed by atoms with E-state index in [1.807, 2.05) is 38.1 Å². The molecule has 0 bridgehead atoms. The molecule has 0 spiro atoms. The number of ketones is 1. The van der Waals surface area contributed by atoms with Crippen LogP contribution in [0.4, 0.5) is 13.2 Å². The van der Waals surface area contributed by atoms with Gasteiger partial charge in [0.1, 0.15) is 5.82 Å². The number of halogens is 3. The molecule has 1 saturated heterocycles. The predicted molar refractivity (Wildman–Crippen MR) is 163 cm³/mol. The lowest BCUT2D eigenvalue weighted by Crippen LogP contribution is -2.46. The summed E-state index contributed by atoms with van der Waals surface area (Å²) in [5.74, 6) is 6.72. The predicted octanol–water partition coefficient (Wildman–Crippen LogP) is 6.62. The molecule has 222 valence electrons. The van der Waals surface area contributed by atoms with E-state index in [9.17, 15) is 18.0 Å². The van der Waals surface area contributed by atoms with Gasteiger partial charge in [-0.3, -0.25) is 9.69 Å². The van der Waals surface area contributed by atoms with E-state index in [0.717, 1.165) is 67.2 Å². The third kappa shape index (κ3) is 7.67. The average Bonchev–Trinajstić information content (AvgIpc) is 2.98. The summed E-state index contributed by atoms with van der Waals surface area (Å²) in [5.41, 5.74) is 3.52. The van der Waals surface area contributed by atoms with Gasteiger partial charge in [0, 0.05) is 67.4 Å². The molecule has 1 fully saturated rings. The highest BCUT2D eigenvalue weighted by Crippen LogP contribution is 2.34. The molecule has 8 heteroatoms. The maximum Gasteiger partial charge on any atom is 0.416 e. The van der Waals surface area contributed by atoms with Crippen molar-refractivity contribution in [2.45, 2.75) is 46.3 Å². The van der Waals surface area contributed by atoms with Gasteiger partial charge in [-0.1, -0.05) is 49.1 Å². The van der Waals surface area contributed by atoms with Crippen LogP contribution in [0.5, 0.6) is 0 Å². The van der Waals surface area contributed by atoms with Gasteiger partial charge >= 0.3 is 6.18 Å². The molecule has 5 rings (SSSR count). The molecule has 1 aliphatic heterocycles. The fourth-order valence-corrected chi connectivity index (χ4v) is 5.41. The molecule has 0 N–H and O–H groups in total. The van der Waals surface area contributed by atoms with E-state index in [2.05, 4.69) is 38.5 Å². The number of Topliss-reactive ketones (excluding diaryl/α,β-unsaturated/α-hetero) is 1. The topological polar surface area (TPSA) is 49.3 Å². The Labute approximate surface area is 250 Å². The van der Waals surface area contributed by atoms with Gasteiger partial charge in [0.05, 0.1) is 11.1 Å². The molecule has 1 aromatic heterocycles. The van der Waals surface area contributed by atoms with E-state index in [1.54, 1.807) is 24.4 Å². The summed E-state index contributed by atoms with van der Waals surface area (Å²) in [6.07, 6.45) is -1.79. The van der Waals surface area contributed by atoms with Crippen LogP contribution in [0.25, 0.3) is 10.9 Å². The van der Waals surface area contributed by atoms with Gasteiger partial charge in [0.25, 0.3) is 0 Å². The Hall–Kier alpha value is -4.06. The maximum atomic E-state index is 14.1. The van der Waals surface area contributed by atoms with Crippen molar-refractivity contribution >= 4 is 16.7 Å². The second kappa shape index (κ2) is 13.1. The average molecular weight is 585 g/mol. The van der Waals surface area contributed by atoms with Crippen LogP contribution >= 0.6 is 0 Å². The lowest BCUT2D eigenvalue weighted by Gasteiger charge is -2.35. The molecule has 3 aromatic carbocycles. The number of fused-ring (bicyclic) bond motifs is 1. The van der Waals surface area contributed by atoms with Gasteiger partial charge in [-0.25, -0.2) is 9.97 Å². The third-order valence-corrected chi connectivity index (χ3v) is 7.85. The normalized spacial score (nSPS) is 14.5. The highest BCUT2D eigenvalue weighted by atomic mass is 19.4. The third-order valence-electron chi connectivity index (χ3n) is 7.85. The van der Waals surface area contributed by atoms with E-state index in [-0.39, 0.29) is 24.3 Å². The first-order valence-electron chi connectivity index (χ1n) is 14.6. The van der Waals surface area contributed by atoms with E-state index >= 15 is 0 Å². The summed E-state index contributed by atoms with van der Waals surface area (Å²) in [7, 11) is 0. The summed E-state index contributed by atoms with van der Waals surface area (Å²) in [6, 6.07) is 15.3. The van der Waals surface area contributed by atoms with Crippen molar-refractivity contribution in [2.75, 3.05) is 32.7 Å². The second-order valence-electron chi connectivity index (χ2n) is 11.2. The number of aromatic nitrogens is 2. The smallest absolute Gasteiger partial charge is 0.301 e. The number of benzene rings is 3. The molecule has 43 heavy (non-hydrogen) atoms. The summed E-state index contributed by atoms with van der Waals surface area (Å²) in [6.45, 7) is 10.3. The van der Waals surface area contributed by atoms with Gasteiger partial charge in [0.2, 0.25) is 0 Å². The fraction of sp³-hybridized carbons (Fsp3) is 0.343. The largest absolute Gasteiger partial charge is 0.416 e. The van der Waals surface area contributed by atoms with Gasteiger partial charge in [-0.15, -0.1) is 0 Å². The number of nitrogens with zero attached hydrogens (tertiary/aromatic N) is 4. The minimum Gasteiger partial charge on any atom is -0.301 e. The lowest BCUT2D eigenvalue weighted by atomic mass is 9.96. The minimum absolute atomic E-state index is 0.126. The first-order valence-corrected chi connectivity index (χ1v) is 14.6. The molecule has 0 atom stereocenters. The van der Waals surface area contributed by atoms with E-state index < -0.39 is 11.7 Å². The van der Waals surface area contributed by atoms with E-state index in [4.69, 9.17) is 0 Å². The Bertz CT molecular complexity index is 1700. The van der Waals surface area contributed by atoms with Gasteiger partial charge in [-0.2, -0.15) is 13.2 Å². The van der Waals surface area contributed by atoms with Crippen LogP contribution in [0.2, 0.25) is 0 Å². The Morgan fingerprint density at radius 1 is 0.930 bits per heavy atom. The van der Waals surface area contributed by atoms with Crippen LogP contribution in [0, 0.1) is 25.7 Å². The molecule has 0 saturated carbocycles. The van der Waals surface area contributed by atoms with Crippen LogP contribution < -0.4 is 0 Å². The number of carbonyl (C=O) groups excluding carboxylic acids is 1. The minimum atomic E-state index is -4.50. The standard InChI is InChI=1S/C35H35F3N4O/c1-4-13-41-14-16-42(17-15-41)23-31-12-8-27(18-32(31)35(36,37)38)20-34(43)29-9-5-24(2)28(21-29)10-6-26-7-11-30-22-39-25(3)40-33(30)19-26/h5,7-9,11-12,18-19,21-22H,4,13-17,20,23H2,1-3H3. The first kappa shape index (κ1) is 30.4. The summed E-state index contributed by atoms with van der Waals surface area (Å²) in [5, 5.41) is 0.923. The maximum absolute atomic E-state index is 14.1. The van der Waals surface area contributed by atoms with E-state index in [1.165, 1.54) is 6.07 Å². The first-order chi connectivity index (χ1) is 20.6. The van der Waals surface area contributed by atoms with Gasteiger partial charge in [0.15, 0.2) is 5.78 Å². The molecule has 0 radical (unpaired) electrons. The molecule has 1 aliphatic rings. The summed E-state index contributed by atoms with van der Waals surface area (Å²) in [4.78, 5) is 26.3. The quantitative estimate of drug-likeness (QED) is 0.181. The highest BCUT2D eigenvalue weighted by Gasteiger charge is 2.34. The molecule has 0 amide bonds. The number of rotatable bonds is 7. The number of piperazine rings is 1. The van der Waals surface area contributed by atoms with Gasteiger partial charge < -0.3 is 4.90 Å². The number of alkyl halides is 3. The molecule has 2 heterocycles. The number of carbonyl (C=O) groups is 1. The molecule has 0 aliphatic carbocycles. The van der Waals surface area contributed by atoms with Crippen molar-refractivity contribution in [3.05, 3.63) is 106 Å². The summed E-state index contributed by atoms with van der Waals surface area (Å²) >= 11 is 0. The van der Waals surface area contributed by atoms with Gasteiger partial charge in [-0.05, 0) is 67.8 Å². The van der Waals surface area contributed by atoms with Crippen molar-refractivity contribution < 1.29 is 18.0 Å². The van der Waals surface area contributed by atoms with Crippen LogP contribution in [0.15, 0.2) is 60.8 Å². The Kier molecular flexibility index (Phi) is 9.24. The van der Waals surface area contributed by atoms with Crippen LogP contribution in [0.3, 0.4) is 0 Å². The Balaban J connectivity index is 1.31. The van der Waals surface area contributed by atoms with Crippen molar-refractivity contribution in [2.24, 2.45) is 0 Å². The second-order valence-corrected chi connectivity index (χ2v) is 11.2. The fourth-order valence-electron chi connectivity index (χ4n) is 5.41. The van der Waals surface area contributed by atoms with Crippen LogP contribution in [0.1, 0.15) is 62.9 Å². The zero-order valence-electron chi connectivity index (χ0n) is 24.8. The SMILES string of the molecule is CCCN1CCN(Cc2ccc(CC(=O)c3ccc(C)c(C#Cc4ccc5cnc(C)nc5c4)c3)cc2C(F)(F)F)CC1. The lowest BCUT2D eigenvalue weighted by molar-refractivity contribution is -0.138. The molecule has 5 nitrogen and oxygen atoms in total. The Morgan fingerprint density at radius 3 is 2.44 bits per heavy atom. The summed E-state index contributed by atoms with van der Waals surface area (Å²) < 4.78 is 42.3. The molecule has 4 aromatic rings. The van der Waals surface area contributed by atoms with E-state index in [0.29, 0.717) is 22.5 Å². The molecular formula is C35H35F3N4O. The van der Waals surface area contributed by atoms with Crippen LogP contribution in [-0.2, 0) is 19.1 Å². The zero-order valence-corrected chi connectivity index (χ0v) is 24.8. The van der Waals surface area contributed by atoms with Crippen molar-refractivity contribution in [3.63, 3.8) is 0 Å². The van der Waals surface area contributed by atoms with Crippen molar-refractivity contribution in [1.82, 2.24) is 19.8 Å². The number of hydrogen-bond donors (Lipinski definition) is 0. The monoisotopic (exact) mass is 584 g/mol. The van der Waals surface area contributed by atoms with Crippen molar-refractivity contribution in [3.8, 4) is 11.8 Å². The number of hydrogen-bond acceptors (Lipinski definition) is 5. The highest BCUT2D eigenvalue weighted by molar-refractivity contribution is 5.98. The van der Waals surface area contributed by atoms with Crippen LogP contribution in [-0.4, -0.2) is 58.3 Å². The molecular weight excluding hydrogens is 549 g/mol. The number of aryl methyl sites for hydroxylation is 2. The zero-order chi connectivity index (χ0) is 30.6.